The third-order valence-corrected chi connectivity index (χ3v) is 6.63. The molecule has 0 saturated heterocycles. The standard InChI is InChI=1S/C22H21N3O11/c1-23-6-5-9-7-10-17(35-8-34-10)19(31-2)11(9)14(23)18-12-13(22(26)36-18)16(25(29)30)21(33-4)20(32-3)15(12)24(27)28/h7,14,18H,5-6,8H2,1-4H3/t14-,18-/m0/s1. The first-order valence-electron chi connectivity index (χ1n) is 10.8. The Labute approximate surface area is 203 Å². The fraction of sp³-hybridized carbons (Fsp3) is 0.409. The maximum Gasteiger partial charge on any atom is 0.346 e. The molecule has 0 amide bonds. The minimum Gasteiger partial charge on any atom is -0.492 e. The summed E-state index contributed by atoms with van der Waals surface area (Å²) in [6.45, 7) is 0.484. The summed E-state index contributed by atoms with van der Waals surface area (Å²) >= 11 is 0. The van der Waals surface area contributed by atoms with Gasteiger partial charge in [0.15, 0.2) is 23.2 Å². The summed E-state index contributed by atoms with van der Waals surface area (Å²) in [7, 11) is 5.42. The fourth-order valence-electron chi connectivity index (χ4n) is 5.22. The van der Waals surface area contributed by atoms with E-state index in [4.69, 9.17) is 28.4 Å². The summed E-state index contributed by atoms with van der Waals surface area (Å²) in [6, 6.07) is 0.989. The van der Waals surface area contributed by atoms with Crippen molar-refractivity contribution < 1.29 is 43.1 Å². The molecular weight excluding hydrogens is 482 g/mol. The molecule has 0 spiro atoms. The number of likely N-dealkylation sites (N-methyl/N-ethyl adjacent to an activating group) is 1. The van der Waals surface area contributed by atoms with Crippen molar-refractivity contribution in [2.24, 2.45) is 0 Å². The van der Waals surface area contributed by atoms with Crippen LogP contribution >= 0.6 is 0 Å². The summed E-state index contributed by atoms with van der Waals surface area (Å²) in [4.78, 5) is 37.7. The van der Waals surface area contributed by atoms with Gasteiger partial charge in [0.05, 0.1) is 42.8 Å². The van der Waals surface area contributed by atoms with Crippen LogP contribution in [0, 0.1) is 20.2 Å². The highest BCUT2D eigenvalue weighted by Gasteiger charge is 2.54. The Morgan fingerprint density at radius 2 is 1.61 bits per heavy atom. The topological polar surface area (TPSA) is 162 Å². The van der Waals surface area contributed by atoms with Crippen molar-refractivity contribution in [3.8, 4) is 28.7 Å². The van der Waals surface area contributed by atoms with Crippen molar-refractivity contribution in [2.75, 3.05) is 41.7 Å². The van der Waals surface area contributed by atoms with Gasteiger partial charge in [0.2, 0.25) is 24.0 Å². The van der Waals surface area contributed by atoms with E-state index in [9.17, 15) is 25.0 Å². The van der Waals surface area contributed by atoms with Crippen LogP contribution in [-0.2, 0) is 11.2 Å². The first-order chi connectivity index (χ1) is 17.2. The number of methoxy groups -OCH3 is 3. The summed E-state index contributed by atoms with van der Waals surface area (Å²) in [5.74, 6) is -0.916. The maximum atomic E-state index is 13.1. The highest BCUT2D eigenvalue weighted by atomic mass is 16.7. The second kappa shape index (κ2) is 8.41. The molecule has 190 valence electrons. The zero-order valence-electron chi connectivity index (χ0n) is 19.7. The average molecular weight is 503 g/mol. The number of fused-ring (bicyclic) bond motifs is 3. The van der Waals surface area contributed by atoms with Gasteiger partial charge in [-0.1, -0.05) is 0 Å². The Kier molecular flexibility index (Phi) is 5.47. The van der Waals surface area contributed by atoms with Crippen LogP contribution in [0.3, 0.4) is 0 Å². The van der Waals surface area contributed by atoms with Crippen LogP contribution in [0.15, 0.2) is 6.07 Å². The lowest BCUT2D eigenvalue weighted by molar-refractivity contribution is -0.391. The Balaban J connectivity index is 1.83. The molecular formula is C22H21N3O11. The van der Waals surface area contributed by atoms with Crippen LogP contribution in [0.25, 0.3) is 0 Å². The van der Waals surface area contributed by atoms with E-state index in [0.29, 0.717) is 35.8 Å². The van der Waals surface area contributed by atoms with Crippen LogP contribution in [-0.4, -0.2) is 62.4 Å². The van der Waals surface area contributed by atoms with Crippen LogP contribution in [0.1, 0.15) is 39.2 Å². The van der Waals surface area contributed by atoms with Crippen molar-refractivity contribution in [1.29, 1.82) is 0 Å². The molecule has 0 fully saturated rings. The van der Waals surface area contributed by atoms with E-state index in [1.807, 2.05) is 4.90 Å². The molecule has 0 bridgehead atoms. The van der Waals surface area contributed by atoms with Crippen molar-refractivity contribution in [3.63, 3.8) is 0 Å². The first-order valence-corrected chi connectivity index (χ1v) is 10.8. The number of ether oxygens (including phenoxy) is 6. The van der Waals surface area contributed by atoms with Gasteiger partial charge in [-0.2, -0.15) is 0 Å². The molecule has 3 heterocycles. The van der Waals surface area contributed by atoms with E-state index in [0.717, 1.165) is 19.8 Å². The maximum absolute atomic E-state index is 13.1. The van der Waals surface area contributed by atoms with E-state index in [1.54, 1.807) is 13.1 Å². The van der Waals surface area contributed by atoms with Crippen LogP contribution in [0.2, 0.25) is 0 Å². The molecule has 2 aromatic rings. The van der Waals surface area contributed by atoms with Crippen LogP contribution < -0.4 is 23.7 Å². The number of nitro benzene ring substituents is 2. The lowest BCUT2D eigenvalue weighted by Gasteiger charge is -2.38. The van der Waals surface area contributed by atoms with Crippen LogP contribution in [0.4, 0.5) is 11.4 Å². The quantitative estimate of drug-likeness (QED) is 0.322. The van der Waals surface area contributed by atoms with E-state index in [1.165, 1.54) is 7.11 Å². The molecule has 0 radical (unpaired) electrons. The van der Waals surface area contributed by atoms with Gasteiger partial charge in [-0.3, -0.25) is 25.1 Å². The molecule has 5 rings (SSSR count). The minimum absolute atomic E-state index is 0.00893. The number of hydrogen-bond acceptors (Lipinski definition) is 12. The highest BCUT2D eigenvalue weighted by molar-refractivity contribution is 6.02. The molecule has 14 nitrogen and oxygen atoms in total. The molecule has 3 aliphatic rings. The molecule has 3 aliphatic heterocycles. The number of carbonyl (C=O) groups excluding carboxylic acids is 1. The second-order valence-corrected chi connectivity index (χ2v) is 8.28. The second-order valence-electron chi connectivity index (χ2n) is 8.28. The van der Waals surface area contributed by atoms with Gasteiger partial charge in [0, 0.05) is 12.1 Å². The fourth-order valence-corrected chi connectivity index (χ4v) is 5.22. The van der Waals surface area contributed by atoms with E-state index in [2.05, 4.69) is 0 Å². The Hall–Kier alpha value is -4.33. The lowest BCUT2D eigenvalue weighted by Crippen LogP contribution is -2.36. The number of esters is 1. The van der Waals surface area contributed by atoms with Gasteiger partial charge in [-0.25, -0.2) is 4.79 Å². The zero-order valence-corrected chi connectivity index (χ0v) is 19.7. The molecule has 0 aliphatic carbocycles. The SMILES string of the molecule is COc1c2c(cc3c1[C@@H]([C@H]1OC(=O)c4c1c([N+](=O)[O-])c(OC)c(OC)c4[N+](=O)[O-])N(C)CC3)OCO2. The van der Waals surface area contributed by atoms with Gasteiger partial charge in [-0.15, -0.1) is 0 Å². The Morgan fingerprint density at radius 3 is 2.22 bits per heavy atom. The minimum atomic E-state index is -1.30. The normalized spacial score (nSPS) is 19.8. The average Bonchev–Trinajstić information content (AvgIpc) is 3.44. The Bertz CT molecular complexity index is 1330. The van der Waals surface area contributed by atoms with Gasteiger partial charge in [0.25, 0.3) is 0 Å². The molecule has 2 aromatic carbocycles. The Morgan fingerprint density at radius 1 is 0.972 bits per heavy atom. The molecule has 2 atom stereocenters. The summed E-state index contributed by atoms with van der Waals surface area (Å²) < 4.78 is 32.8. The predicted octanol–water partition coefficient (Wildman–Crippen LogP) is 2.70. The van der Waals surface area contributed by atoms with Crippen molar-refractivity contribution in [2.45, 2.75) is 18.6 Å². The van der Waals surface area contributed by atoms with Crippen molar-refractivity contribution in [3.05, 3.63) is 48.5 Å². The summed E-state index contributed by atoms with van der Waals surface area (Å²) in [5, 5.41) is 24.3. The third kappa shape index (κ3) is 3.10. The number of benzene rings is 2. The number of nitro groups is 2. The molecule has 14 heteroatoms. The van der Waals surface area contributed by atoms with E-state index < -0.39 is 56.4 Å². The lowest BCUT2D eigenvalue weighted by atomic mass is 9.84. The van der Waals surface area contributed by atoms with E-state index >= 15 is 0 Å². The number of hydrogen-bond donors (Lipinski definition) is 0. The van der Waals surface area contributed by atoms with Gasteiger partial charge < -0.3 is 28.4 Å². The predicted molar refractivity (Wildman–Crippen MR) is 119 cm³/mol. The van der Waals surface area contributed by atoms with Crippen molar-refractivity contribution >= 4 is 17.3 Å². The van der Waals surface area contributed by atoms with Gasteiger partial charge in [-0.05, 0) is 25.1 Å². The largest absolute Gasteiger partial charge is 0.492 e. The van der Waals surface area contributed by atoms with Gasteiger partial charge in [0.1, 0.15) is 0 Å². The number of cyclic esters (lactones) is 1. The molecule has 36 heavy (non-hydrogen) atoms. The number of carbonyl (C=O) groups is 1. The zero-order chi connectivity index (χ0) is 25.9. The first kappa shape index (κ1) is 23.4. The third-order valence-electron chi connectivity index (χ3n) is 6.63. The summed E-state index contributed by atoms with van der Waals surface area (Å²) in [6.07, 6.45) is -0.721. The number of rotatable bonds is 6. The highest BCUT2D eigenvalue weighted by Crippen LogP contribution is 2.59. The van der Waals surface area contributed by atoms with Gasteiger partial charge >= 0.3 is 17.3 Å². The smallest absolute Gasteiger partial charge is 0.346 e. The number of nitrogens with zero attached hydrogens (tertiary/aromatic N) is 3. The summed E-state index contributed by atoms with van der Waals surface area (Å²) in [5.41, 5.74) is -0.840. The van der Waals surface area contributed by atoms with Crippen LogP contribution in [0.5, 0.6) is 28.7 Å². The molecule has 0 unspecified atom stereocenters. The molecule has 0 saturated carbocycles. The molecule has 0 N–H and O–H groups in total. The monoisotopic (exact) mass is 503 g/mol. The molecule has 0 aromatic heterocycles. The van der Waals surface area contributed by atoms with Crippen molar-refractivity contribution in [1.82, 2.24) is 4.90 Å². The van der Waals surface area contributed by atoms with E-state index in [-0.39, 0.29) is 12.4 Å².